The Labute approximate surface area is 457 Å². The van der Waals surface area contributed by atoms with Crippen LogP contribution in [0.3, 0.4) is 0 Å². The van der Waals surface area contributed by atoms with E-state index in [0.717, 1.165) is 0 Å². The van der Waals surface area contributed by atoms with Crippen LogP contribution in [0.15, 0.2) is 59.7 Å². The van der Waals surface area contributed by atoms with Gasteiger partial charge in [-0.3, -0.25) is 48.1 Å². The maximum Gasteiger partial charge on any atom is 0.326 e. The summed E-state index contributed by atoms with van der Waals surface area (Å²) in [6.07, 6.45) is 1.84. The van der Waals surface area contributed by atoms with Gasteiger partial charge in [-0.1, -0.05) is 58.0 Å². The second kappa shape index (κ2) is 33.1. The van der Waals surface area contributed by atoms with Gasteiger partial charge in [0.25, 0.3) is 0 Å². The molecule has 0 aliphatic heterocycles. The minimum atomic E-state index is -1.80. The lowest BCUT2D eigenvalue weighted by atomic mass is 10.00. The molecule has 0 bridgehead atoms. The summed E-state index contributed by atoms with van der Waals surface area (Å²) in [6, 6.07) is 3.42. The molecule has 27 nitrogen and oxygen atoms in total. The number of nitrogens with zero attached hydrogens (tertiary/aromatic N) is 1. The lowest BCUT2D eigenvalue weighted by molar-refractivity contribution is -0.143. The Morgan fingerprint density at radius 1 is 0.595 bits per heavy atom. The Balaban J connectivity index is 1.78. The van der Waals surface area contributed by atoms with Crippen LogP contribution in [0.5, 0.6) is 5.75 Å². The van der Waals surface area contributed by atoms with Gasteiger partial charge >= 0.3 is 11.9 Å². The molecule has 3 aromatic rings. The average Bonchev–Trinajstić information content (AvgIpc) is 3.81. The smallest absolute Gasteiger partial charge is 0.326 e. The van der Waals surface area contributed by atoms with Crippen molar-refractivity contribution < 1.29 is 63.3 Å². The molecule has 0 fully saturated rings. The van der Waals surface area contributed by atoms with Crippen LogP contribution in [-0.4, -0.2) is 154 Å². The molecule has 2 aromatic carbocycles. The molecule has 8 amide bonds. The molecule has 0 saturated carbocycles. The molecular formula is C52H78N14O13. The standard InChI is InChI=1S/C52H78N14O13/c1-28(2)20-37(48(75)66-41(51(78)79)21-29(3)4)64-50(77)40(24-44(70)71)65-49(76)39(23-31-25-58-35-12-6-5-10-33(31)35)62-43(69)27-59-46(73)36(13-7-8-18-53)61-42(68)26-60-47(74)38(22-30-14-16-32(67)17-15-30)63-45(72)34(54)11-9-19-57-52(55)56/h5-6,10,12,14-17,25,28-29,34,36-41,58,67H,7-9,11,13,18-24,26-27,53-54H2,1-4H3,(H,59,73)(H,60,74)(H,61,68)(H,62,69)(H,63,72)(H,64,77)(H,65,76)(H,66,75)(H,70,71)(H,78,79)(H4,55,56,57)/t34-,36-,37-,38-,39-,40-,41-/m0/s1. The summed E-state index contributed by atoms with van der Waals surface area (Å²) >= 11 is 0. The second-order valence-corrected chi connectivity index (χ2v) is 19.9. The van der Waals surface area contributed by atoms with Crippen LogP contribution < -0.4 is 65.5 Å². The molecule has 0 aliphatic carbocycles. The number of H-pyrrole nitrogens is 1. The number of aliphatic carboxylic acids is 2. The molecule has 1 heterocycles. The number of carbonyl (C=O) groups excluding carboxylic acids is 8. The molecule has 0 aliphatic rings. The summed E-state index contributed by atoms with van der Waals surface area (Å²) in [7, 11) is 0. The maximum absolute atomic E-state index is 14.2. The summed E-state index contributed by atoms with van der Waals surface area (Å²) in [4.78, 5) is 140. The average molecular weight is 1110 g/mol. The minimum Gasteiger partial charge on any atom is -0.508 e. The van der Waals surface area contributed by atoms with Gasteiger partial charge in [0.15, 0.2) is 5.96 Å². The molecule has 79 heavy (non-hydrogen) atoms. The zero-order chi connectivity index (χ0) is 58.8. The largest absolute Gasteiger partial charge is 0.508 e. The lowest BCUT2D eigenvalue weighted by Crippen LogP contribution is -2.59. The first-order valence-electron chi connectivity index (χ1n) is 26.0. The summed E-state index contributed by atoms with van der Waals surface area (Å²) in [5, 5.41) is 49.9. The van der Waals surface area contributed by atoms with E-state index in [2.05, 4.69) is 52.5 Å². The number of hydrogen-bond donors (Lipinski definition) is 16. The number of aliphatic imine (C=N–C) groups is 1. The Morgan fingerprint density at radius 2 is 1.13 bits per heavy atom. The van der Waals surface area contributed by atoms with Gasteiger partial charge in [0.1, 0.15) is 42.0 Å². The van der Waals surface area contributed by atoms with Crippen molar-refractivity contribution in [3.8, 4) is 5.75 Å². The van der Waals surface area contributed by atoms with Crippen molar-refractivity contribution in [3.05, 3.63) is 65.9 Å². The van der Waals surface area contributed by atoms with E-state index >= 15 is 0 Å². The number of benzene rings is 2. The number of aromatic amines is 1. The first-order valence-corrected chi connectivity index (χ1v) is 26.0. The van der Waals surface area contributed by atoms with Crippen LogP contribution in [0, 0.1) is 11.8 Å². The van der Waals surface area contributed by atoms with E-state index in [9.17, 15) is 63.3 Å². The molecule has 434 valence electrons. The molecule has 7 atom stereocenters. The molecule has 0 spiro atoms. The molecule has 3 rings (SSSR count). The summed E-state index contributed by atoms with van der Waals surface area (Å²) in [5.74, 6) is -10.2. The number of carboxylic acids is 2. The van der Waals surface area contributed by atoms with Crippen molar-refractivity contribution in [3.63, 3.8) is 0 Å². The predicted octanol–water partition coefficient (Wildman–Crippen LogP) is -2.04. The Kier molecular flexibility index (Phi) is 27.2. The number of guanidine groups is 1. The van der Waals surface area contributed by atoms with Gasteiger partial charge in [-0.25, -0.2) is 4.79 Å². The highest BCUT2D eigenvalue weighted by atomic mass is 16.4. The molecule has 27 heteroatoms. The van der Waals surface area contributed by atoms with E-state index < -0.39 is 121 Å². The highest BCUT2D eigenvalue weighted by Gasteiger charge is 2.34. The number of carbonyl (C=O) groups is 10. The van der Waals surface area contributed by atoms with E-state index in [0.29, 0.717) is 41.3 Å². The number of amides is 8. The summed E-state index contributed by atoms with van der Waals surface area (Å²) < 4.78 is 0. The number of nitrogens with two attached hydrogens (primary N) is 4. The molecule has 0 radical (unpaired) electrons. The van der Waals surface area contributed by atoms with Crippen LogP contribution in [-0.2, 0) is 60.8 Å². The third-order valence-electron chi connectivity index (χ3n) is 12.2. The number of aromatic nitrogens is 1. The third-order valence-corrected chi connectivity index (χ3v) is 12.2. The number of para-hydroxylation sites is 1. The fraction of sp³-hybridized carbons (Fsp3) is 0.519. The normalized spacial score (nSPS) is 13.8. The fourth-order valence-corrected chi connectivity index (χ4v) is 8.17. The van der Waals surface area contributed by atoms with Crippen molar-refractivity contribution in [1.29, 1.82) is 0 Å². The maximum atomic E-state index is 14.2. The Morgan fingerprint density at radius 3 is 1.72 bits per heavy atom. The zero-order valence-corrected chi connectivity index (χ0v) is 45.0. The van der Waals surface area contributed by atoms with Crippen LogP contribution in [0.25, 0.3) is 10.9 Å². The quantitative estimate of drug-likeness (QED) is 0.0171. The highest BCUT2D eigenvalue weighted by Crippen LogP contribution is 2.20. The topological polar surface area (TPSA) is 460 Å². The van der Waals surface area contributed by atoms with Crippen molar-refractivity contribution in [2.75, 3.05) is 26.2 Å². The van der Waals surface area contributed by atoms with Gasteiger partial charge < -0.3 is 85.8 Å². The van der Waals surface area contributed by atoms with Gasteiger partial charge in [-0.2, -0.15) is 0 Å². The highest BCUT2D eigenvalue weighted by molar-refractivity contribution is 5.98. The Bertz CT molecular complexity index is 2590. The number of hydrogen-bond acceptors (Lipinski definition) is 14. The van der Waals surface area contributed by atoms with E-state index in [1.165, 1.54) is 24.3 Å². The van der Waals surface area contributed by atoms with Gasteiger partial charge in [-0.15, -0.1) is 0 Å². The zero-order valence-electron chi connectivity index (χ0n) is 45.0. The SMILES string of the molecule is CC(C)C[C@H](NC(=O)[C@H](CC(C)C)NC(=O)[C@H](CC(=O)O)NC(=O)[C@H](Cc1c[nH]c2ccccc12)NC(=O)CNC(=O)[C@H](CCCCN)NC(=O)CNC(=O)[C@H](Cc1ccc(O)cc1)NC(=O)[C@@H](N)CCCN=C(N)N)C(=O)O. The molecule has 20 N–H and O–H groups in total. The van der Waals surface area contributed by atoms with Crippen LogP contribution in [0.2, 0.25) is 0 Å². The summed E-state index contributed by atoms with van der Waals surface area (Å²) in [6.45, 7) is 6.09. The number of fused-ring (bicyclic) bond motifs is 1. The molecule has 0 unspecified atom stereocenters. The van der Waals surface area contributed by atoms with E-state index in [1.807, 2.05) is 0 Å². The van der Waals surface area contributed by atoms with E-state index in [-0.39, 0.29) is 75.2 Å². The second-order valence-electron chi connectivity index (χ2n) is 19.9. The number of aromatic hydroxyl groups is 1. The number of nitrogens with one attached hydrogen (secondary N) is 9. The van der Waals surface area contributed by atoms with Gasteiger partial charge in [-0.05, 0) is 92.7 Å². The van der Waals surface area contributed by atoms with Crippen molar-refractivity contribution in [2.24, 2.45) is 39.8 Å². The molecule has 0 saturated heterocycles. The minimum absolute atomic E-state index is 0.0183. The number of unbranched alkanes of at least 4 members (excludes halogenated alkanes) is 1. The third kappa shape index (κ3) is 23.8. The molecular weight excluding hydrogens is 1030 g/mol. The summed E-state index contributed by atoms with van der Waals surface area (Å²) in [5.41, 5.74) is 24.2. The Hall–Kier alpha value is -8.33. The number of rotatable bonds is 35. The van der Waals surface area contributed by atoms with E-state index in [4.69, 9.17) is 22.9 Å². The van der Waals surface area contributed by atoms with Crippen LogP contribution in [0.4, 0.5) is 0 Å². The molecule has 1 aromatic heterocycles. The van der Waals surface area contributed by atoms with E-state index in [1.54, 1.807) is 58.2 Å². The van der Waals surface area contributed by atoms with Crippen LogP contribution >= 0.6 is 0 Å². The van der Waals surface area contributed by atoms with Crippen molar-refractivity contribution >= 4 is 76.1 Å². The van der Waals surface area contributed by atoms with Gasteiger partial charge in [0.2, 0.25) is 47.3 Å². The monoisotopic (exact) mass is 1110 g/mol. The first-order chi connectivity index (χ1) is 37.4. The van der Waals surface area contributed by atoms with Crippen LogP contribution in [0.1, 0.15) is 90.2 Å². The number of phenols is 1. The van der Waals surface area contributed by atoms with Crippen molar-refractivity contribution in [2.45, 2.75) is 134 Å². The number of carboxylic acid groups (broad SMARTS) is 2. The first kappa shape index (κ1) is 65.0. The van der Waals surface area contributed by atoms with Gasteiger partial charge in [0.05, 0.1) is 25.6 Å². The fourth-order valence-electron chi connectivity index (χ4n) is 8.17. The predicted molar refractivity (Wildman–Crippen MR) is 291 cm³/mol. The lowest BCUT2D eigenvalue weighted by Gasteiger charge is -2.26. The number of phenolic OH excluding ortho intramolecular Hbond substituents is 1. The van der Waals surface area contributed by atoms with Crippen molar-refractivity contribution in [1.82, 2.24) is 47.5 Å². The van der Waals surface area contributed by atoms with Gasteiger partial charge in [0, 0.05) is 36.5 Å².